The van der Waals surface area contributed by atoms with E-state index in [9.17, 15) is 14.4 Å². The van der Waals surface area contributed by atoms with Crippen LogP contribution < -0.4 is 0 Å². The van der Waals surface area contributed by atoms with Gasteiger partial charge in [-0.25, -0.2) is 0 Å². The summed E-state index contributed by atoms with van der Waals surface area (Å²) in [6.07, 6.45) is 85.0. The summed E-state index contributed by atoms with van der Waals surface area (Å²) in [7, 11) is 0. The van der Waals surface area contributed by atoms with Gasteiger partial charge in [0.2, 0.25) is 0 Å². The van der Waals surface area contributed by atoms with E-state index in [0.717, 1.165) is 57.8 Å². The molecule has 0 saturated carbocycles. The highest BCUT2D eigenvalue weighted by Crippen LogP contribution is 2.19. The maximum atomic E-state index is 13.0. The van der Waals surface area contributed by atoms with Gasteiger partial charge < -0.3 is 14.2 Å². The fourth-order valence-corrected chi connectivity index (χ4v) is 11.2. The second-order valence-electron chi connectivity index (χ2n) is 24.9. The van der Waals surface area contributed by atoms with E-state index in [-0.39, 0.29) is 31.1 Å². The molecule has 0 spiro atoms. The predicted molar refractivity (Wildman–Crippen MR) is 349 cm³/mol. The number of allylic oxidation sites excluding steroid dienone is 4. The number of esters is 3. The van der Waals surface area contributed by atoms with Gasteiger partial charge in [0.05, 0.1) is 0 Å². The fraction of sp³-hybridized carbons (Fsp3) is 0.905. The molecule has 0 aromatic heterocycles. The maximum absolute atomic E-state index is 13.0. The van der Waals surface area contributed by atoms with Gasteiger partial charge in [-0.15, -0.1) is 0 Å². The molecule has 80 heavy (non-hydrogen) atoms. The van der Waals surface area contributed by atoms with Crippen LogP contribution in [0.15, 0.2) is 24.3 Å². The van der Waals surface area contributed by atoms with E-state index in [1.165, 1.54) is 315 Å². The molecule has 0 bridgehead atoms. The summed E-state index contributed by atoms with van der Waals surface area (Å²) in [5.74, 6) is -0.834. The van der Waals surface area contributed by atoms with Gasteiger partial charge in [0.1, 0.15) is 13.2 Å². The van der Waals surface area contributed by atoms with E-state index in [0.29, 0.717) is 19.3 Å². The summed E-state index contributed by atoms with van der Waals surface area (Å²) >= 11 is 0. The molecule has 0 aromatic rings. The Hall–Kier alpha value is -2.11. The Morgan fingerprint density at radius 3 is 0.625 bits per heavy atom. The van der Waals surface area contributed by atoms with Crippen LogP contribution in [0, 0.1) is 0 Å². The molecule has 0 radical (unpaired) electrons. The van der Waals surface area contributed by atoms with Crippen molar-refractivity contribution in [2.24, 2.45) is 0 Å². The van der Waals surface area contributed by atoms with Crippen molar-refractivity contribution in [1.82, 2.24) is 0 Å². The number of carbonyl (C=O) groups excluding carboxylic acids is 3. The summed E-state index contributed by atoms with van der Waals surface area (Å²) in [6.45, 7) is 6.72. The van der Waals surface area contributed by atoms with Crippen LogP contribution in [-0.2, 0) is 28.6 Å². The Morgan fingerprint density at radius 2 is 0.412 bits per heavy atom. The van der Waals surface area contributed by atoms with E-state index < -0.39 is 6.10 Å². The summed E-state index contributed by atoms with van der Waals surface area (Å²) in [4.78, 5) is 38.4. The summed E-state index contributed by atoms with van der Waals surface area (Å²) in [5, 5.41) is 0. The Bertz CT molecular complexity index is 1290. The average molecular weight is 1130 g/mol. The third-order valence-electron chi connectivity index (χ3n) is 16.7. The molecule has 0 aliphatic carbocycles. The molecule has 472 valence electrons. The van der Waals surface area contributed by atoms with Gasteiger partial charge in [-0.1, -0.05) is 347 Å². The third-order valence-corrected chi connectivity index (χ3v) is 16.7. The van der Waals surface area contributed by atoms with Crippen LogP contribution in [0.1, 0.15) is 412 Å². The molecule has 0 rings (SSSR count). The average Bonchev–Trinajstić information content (AvgIpc) is 3.46. The predicted octanol–water partition coefficient (Wildman–Crippen LogP) is 25.0. The van der Waals surface area contributed by atoms with Gasteiger partial charge in [-0.2, -0.15) is 0 Å². The third kappa shape index (κ3) is 66.7. The second-order valence-corrected chi connectivity index (χ2v) is 24.9. The Labute approximate surface area is 500 Å². The van der Waals surface area contributed by atoms with Gasteiger partial charge in [-0.05, 0) is 70.6 Å². The highest BCUT2D eigenvalue weighted by Gasteiger charge is 2.19. The molecular weight excluding hydrogens is 985 g/mol. The first-order chi connectivity index (χ1) is 39.5. The van der Waals surface area contributed by atoms with Gasteiger partial charge >= 0.3 is 17.9 Å². The van der Waals surface area contributed by atoms with Crippen LogP contribution in [0.5, 0.6) is 0 Å². The normalized spacial score (nSPS) is 12.1. The largest absolute Gasteiger partial charge is 0.462 e. The van der Waals surface area contributed by atoms with E-state index in [1.54, 1.807) is 0 Å². The smallest absolute Gasteiger partial charge is 0.306 e. The van der Waals surface area contributed by atoms with Gasteiger partial charge in [-0.3, -0.25) is 14.4 Å². The molecule has 6 nitrogen and oxygen atoms in total. The minimum atomic E-state index is -0.768. The van der Waals surface area contributed by atoms with Crippen molar-refractivity contribution in [2.45, 2.75) is 419 Å². The van der Waals surface area contributed by atoms with Crippen LogP contribution >= 0.6 is 0 Å². The van der Waals surface area contributed by atoms with E-state index in [4.69, 9.17) is 14.2 Å². The zero-order valence-corrected chi connectivity index (χ0v) is 54.4. The molecule has 0 saturated heterocycles. The highest BCUT2D eigenvalue weighted by molar-refractivity contribution is 5.71. The van der Waals surface area contributed by atoms with Crippen molar-refractivity contribution < 1.29 is 28.6 Å². The Kier molecular flexibility index (Phi) is 67.6. The lowest BCUT2D eigenvalue weighted by atomic mass is 10.0. The molecule has 1 atom stereocenters. The Balaban J connectivity index is 4.18. The van der Waals surface area contributed by atoms with Crippen molar-refractivity contribution in [2.75, 3.05) is 13.2 Å². The second kappa shape index (κ2) is 69.4. The van der Waals surface area contributed by atoms with Crippen molar-refractivity contribution in [1.29, 1.82) is 0 Å². The molecule has 1 unspecified atom stereocenters. The molecule has 0 aliphatic rings. The van der Waals surface area contributed by atoms with Crippen LogP contribution in [0.3, 0.4) is 0 Å². The lowest BCUT2D eigenvalue weighted by molar-refractivity contribution is -0.167. The first-order valence-electron chi connectivity index (χ1n) is 36.3. The van der Waals surface area contributed by atoms with Crippen LogP contribution in [0.25, 0.3) is 0 Å². The van der Waals surface area contributed by atoms with Crippen LogP contribution in [-0.4, -0.2) is 37.2 Å². The van der Waals surface area contributed by atoms with Crippen LogP contribution in [0.4, 0.5) is 0 Å². The highest BCUT2D eigenvalue weighted by atomic mass is 16.6. The summed E-state index contributed by atoms with van der Waals surface area (Å²) in [5.41, 5.74) is 0. The van der Waals surface area contributed by atoms with E-state index in [2.05, 4.69) is 45.1 Å². The molecule has 0 heterocycles. The number of rotatable bonds is 68. The number of hydrogen-bond acceptors (Lipinski definition) is 6. The first-order valence-corrected chi connectivity index (χ1v) is 36.3. The van der Waals surface area contributed by atoms with Gasteiger partial charge in [0.25, 0.3) is 0 Å². The zero-order chi connectivity index (χ0) is 57.8. The summed E-state index contributed by atoms with van der Waals surface area (Å²) < 4.78 is 17.0. The van der Waals surface area contributed by atoms with E-state index in [1.807, 2.05) is 0 Å². The molecule has 0 aliphatic heterocycles. The van der Waals surface area contributed by atoms with Gasteiger partial charge in [0.15, 0.2) is 6.10 Å². The minimum absolute atomic E-state index is 0.0652. The first kappa shape index (κ1) is 77.9. The molecule has 6 heteroatoms. The monoisotopic (exact) mass is 1130 g/mol. The maximum Gasteiger partial charge on any atom is 0.306 e. The van der Waals surface area contributed by atoms with Gasteiger partial charge in [0, 0.05) is 19.3 Å². The molecule has 0 fully saturated rings. The quantitative estimate of drug-likeness (QED) is 0.0261. The SMILES string of the molecule is CCCCCCCCCC/C=C\CCCCCCCCCCCCCCCCCC(=O)OCC(COC(=O)CCCCCCCCCCCCCC)OC(=O)CCCCCCCCCCCCC/C=C\CCCCCCCCCC. The number of hydrogen-bond donors (Lipinski definition) is 0. The van der Waals surface area contributed by atoms with Crippen molar-refractivity contribution >= 4 is 17.9 Å². The molecular formula is C74H140O6. The minimum Gasteiger partial charge on any atom is -0.462 e. The number of unbranched alkanes of at least 4 members (excludes halogenated alkanes) is 53. The van der Waals surface area contributed by atoms with Crippen molar-refractivity contribution in [3.63, 3.8) is 0 Å². The Morgan fingerprint density at radius 1 is 0.237 bits per heavy atom. The lowest BCUT2D eigenvalue weighted by Gasteiger charge is -2.18. The van der Waals surface area contributed by atoms with Crippen LogP contribution in [0.2, 0.25) is 0 Å². The van der Waals surface area contributed by atoms with Crippen molar-refractivity contribution in [3.8, 4) is 0 Å². The number of carbonyl (C=O) groups is 3. The number of ether oxygens (including phenoxy) is 3. The topological polar surface area (TPSA) is 78.9 Å². The fourth-order valence-electron chi connectivity index (χ4n) is 11.2. The van der Waals surface area contributed by atoms with Crippen molar-refractivity contribution in [3.05, 3.63) is 24.3 Å². The zero-order valence-electron chi connectivity index (χ0n) is 54.4. The molecule has 0 aromatic carbocycles. The molecule has 0 amide bonds. The lowest BCUT2D eigenvalue weighted by Crippen LogP contribution is -2.30. The van der Waals surface area contributed by atoms with E-state index >= 15 is 0 Å². The summed E-state index contributed by atoms with van der Waals surface area (Å²) in [6, 6.07) is 0. The molecule has 0 N–H and O–H groups in total. The standard InChI is InChI=1S/C74H140O6/c1-4-7-10-13-16-19-22-25-27-29-31-33-35-36-37-38-40-41-43-45-47-49-52-55-58-61-64-67-73(76)79-70-71(69-78-72(75)66-63-60-57-54-51-24-21-18-15-12-9-6-3)80-74(77)68-65-62-59-56-53-50-48-46-44-42-39-34-32-30-28-26-23-20-17-14-11-8-5-2/h29-32,71H,4-28,33-70H2,1-3H3/b31-29-,32-30-.